The lowest BCUT2D eigenvalue weighted by Gasteiger charge is -2.06. The van der Waals surface area contributed by atoms with Crippen molar-refractivity contribution in [3.05, 3.63) is 75.8 Å². The molecule has 0 saturated carbocycles. The van der Waals surface area contributed by atoms with E-state index < -0.39 is 0 Å². The van der Waals surface area contributed by atoms with Gasteiger partial charge in [0, 0.05) is 11.3 Å². The highest BCUT2D eigenvalue weighted by Crippen LogP contribution is 2.27. The van der Waals surface area contributed by atoms with Crippen LogP contribution in [0.25, 0.3) is 0 Å². The number of aryl methyl sites for hydroxylation is 3. The molecule has 0 bridgehead atoms. The Kier molecular flexibility index (Phi) is 4.73. The van der Waals surface area contributed by atoms with Crippen molar-refractivity contribution >= 4 is 34.0 Å². The minimum absolute atomic E-state index is 0.205. The summed E-state index contributed by atoms with van der Waals surface area (Å²) >= 11 is 1.18. The average Bonchev–Trinajstić information content (AvgIpc) is 3.28. The van der Waals surface area contributed by atoms with E-state index in [-0.39, 0.29) is 11.8 Å². The molecule has 1 aromatic heterocycles. The Labute approximate surface area is 161 Å². The highest BCUT2D eigenvalue weighted by molar-refractivity contribution is 7.17. The third-order valence-corrected chi connectivity index (χ3v) is 5.69. The van der Waals surface area contributed by atoms with Crippen LogP contribution in [0.4, 0.5) is 10.8 Å². The van der Waals surface area contributed by atoms with Crippen molar-refractivity contribution in [2.45, 2.75) is 26.2 Å². The molecule has 4 rings (SSSR count). The maximum Gasteiger partial charge on any atom is 0.267 e. The summed E-state index contributed by atoms with van der Waals surface area (Å²) in [5.74, 6) is -0.446. The summed E-state index contributed by atoms with van der Waals surface area (Å²) in [6.45, 7) is 1.77. The quantitative estimate of drug-likeness (QED) is 0.706. The number of amides is 2. The number of carbonyl (C=O) groups is 2. The van der Waals surface area contributed by atoms with E-state index in [4.69, 9.17) is 0 Å². The summed E-state index contributed by atoms with van der Waals surface area (Å²) < 4.78 is 0. The molecular formula is C21H19N3O2S. The van der Waals surface area contributed by atoms with E-state index in [0.29, 0.717) is 21.3 Å². The van der Waals surface area contributed by atoms with Gasteiger partial charge in [0.15, 0.2) is 5.13 Å². The second-order valence-corrected chi connectivity index (χ2v) is 7.54. The van der Waals surface area contributed by atoms with E-state index in [2.05, 4.69) is 27.8 Å². The molecule has 1 heterocycles. The van der Waals surface area contributed by atoms with Crippen molar-refractivity contribution in [2.75, 3.05) is 10.6 Å². The minimum atomic E-state index is -0.241. The monoisotopic (exact) mass is 377 g/mol. The van der Waals surface area contributed by atoms with Crippen LogP contribution in [0.5, 0.6) is 0 Å². The van der Waals surface area contributed by atoms with Gasteiger partial charge in [0.2, 0.25) is 0 Å². The predicted octanol–water partition coefficient (Wildman–Crippen LogP) is 4.44. The summed E-state index contributed by atoms with van der Waals surface area (Å²) in [5, 5.41) is 6.12. The van der Waals surface area contributed by atoms with Crippen LogP contribution in [0.2, 0.25) is 0 Å². The van der Waals surface area contributed by atoms with Gasteiger partial charge in [-0.15, -0.1) is 0 Å². The zero-order valence-electron chi connectivity index (χ0n) is 14.9. The van der Waals surface area contributed by atoms with Crippen LogP contribution in [0.1, 0.15) is 43.3 Å². The second-order valence-electron chi connectivity index (χ2n) is 6.54. The number of nitrogens with zero attached hydrogens (tertiary/aromatic N) is 1. The Morgan fingerprint density at radius 2 is 1.74 bits per heavy atom. The van der Waals surface area contributed by atoms with Gasteiger partial charge in [-0.25, -0.2) is 4.98 Å². The van der Waals surface area contributed by atoms with E-state index >= 15 is 0 Å². The van der Waals surface area contributed by atoms with Gasteiger partial charge in [-0.2, -0.15) is 0 Å². The third-order valence-electron chi connectivity index (χ3n) is 4.62. The van der Waals surface area contributed by atoms with E-state index in [1.165, 1.54) is 28.9 Å². The van der Waals surface area contributed by atoms with Gasteiger partial charge in [-0.1, -0.05) is 35.6 Å². The van der Waals surface area contributed by atoms with E-state index in [0.717, 1.165) is 18.5 Å². The lowest BCUT2D eigenvalue weighted by molar-refractivity contribution is 0.102. The largest absolute Gasteiger partial charge is 0.321 e. The molecular weight excluding hydrogens is 358 g/mol. The molecule has 0 atom stereocenters. The molecule has 0 spiro atoms. The summed E-state index contributed by atoms with van der Waals surface area (Å²) in [5.41, 5.74) is 4.62. The van der Waals surface area contributed by atoms with Crippen molar-refractivity contribution in [2.24, 2.45) is 0 Å². The highest BCUT2D eigenvalue weighted by atomic mass is 32.1. The van der Waals surface area contributed by atoms with Gasteiger partial charge in [0.05, 0.1) is 5.69 Å². The number of nitrogens with one attached hydrogen (secondary N) is 2. The summed E-state index contributed by atoms with van der Waals surface area (Å²) in [4.78, 5) is 29.7. The minimum Gasteiger partial charge on any atom is -0.321 e. The Hall–Kier alpha value is -2.99. The third kappa shape index (κ3) is 3.75. The Balaban J connectivity index is 1.47. The first-order valence-electron chi connectivity index (χ1n) is 8.87. The first-order chi connectivity index (χ1) is 13.1. The number of anilines is 2. The van der Waals surface area contributed by atoms with Crippen LogP contribution < -0.4 is 10.6 Å². The average molecular weight is 377 g/mol. The number of carbonyl (C=O) groups excluding carboxylic acids is 2. The zero-order chi connectivity index (χ0) is 18.8. The Morgan fingerprint density at radius 3 is 2.56 bits per heavy atom. The van der Waals surface area contributed by atoms with Gasteiger partial charge in [-0.05, 0) is 61.6 Å². The van der Waals surface area contributed by atoms with E-state index in [1.54, 1.807) is 31.2 Å². The maximum absolute atomic E-state index is 12.7. The lowest BCUT2D eigenvalue weighted by atomic mass is 10.1. The second kappa shape index (κ2) is 7.32. The molecule has 1 aliphatic rings. The van der Waals surface area contributed by atoms with Crippen molar-refractivity contribution < 1.29 is 9.59 Å². The molecule has 2 N–H and O–H groups in total. The van der Waals surface area contributed by atoms with Crippen LogP contribution in [-0.2, 0) is 12.8 Å². The highest BCUT2D eigenvalue weighted by Gasteiger charge is 2.18. The number of thiazole rings is 1. The molecule has 2 amide bonds. The molecule has 0 saturated heterocycles. The lowest BCUT2D eigenvalue weighted by Crippen LogP contribution is -2.11. The van der Waals surface area contributed by atoms with Gasteiger partial charge in [0.1, 0.15) is 4.88 Å². The van der Waals surface area contributed by atoms with Crippen molar-refractivity contribution in [3.8, 4) is 0 Å². The fourth-order valence-electron chi connectivity index (χ4n) is 3.26. The molecule has 0 unspecified atom stereocenters. The van der Waals surface area contributed by atoms with Crippen molar-refractivity contribution in [1.82, 2.24) is 4.98 Å². The number of hydrogen-bond acceptors (Lipinski definition) is 4. The molecule has 5 nitrogen and oxygen atoms in total. The molecule has 6 heteroatoms. The number of benzene rings is 2. The first-order valence-corrected chi connectivity index (χ1v) is 9.69. The number of aromatic nitrogens is 1. The number of rotatable bonds is 4. The van der Waals surface area contributed by atoms with Crippen LogP contribution in [0.3, 0.4) is 0 Å². The normalized spacial score (nSPS) is 12.5. The predicted molar refractivity (Wildman–Crippen MR) is 108 cm³/mol. The fraction of sp³-hybridized carbons (Fsp3) is 0.190. The van der Waals surface area contributed by atoms with Gasteiger partial charge in [-0.3, -0.25) is 14.9 Å². The van der Waals surface area contributed by atoms with Crippen LogP contribution >= 0.6 is 11.3 Å². The van der Waals surface area contributed by atoms with E-state index in [9.17, 15) is 9.59 Å². The van der Waals surface area contributed by atoms with Crippen LogP contribution in [0, 0.1) is 6.92 Å². The Bertz CT molecular complexity index is 1010. The topological polar surface area (TPSA) is 71.1 Å². The van der Waals surface area contributed by atoms with Gasteiger partial charge in [0.25, 0.3) is 11.8 Å². The molecule has 2 aromatic carbocycles. The number of hydrogen-bond donors (Lipinski definition) is 2. The molecule has 0 radical (unpaired) electrons. The first kappa shape index (κ1) is 17.4. The summed E-state index contributed by atoms with van der Waals surface area (Å²) in [6.07, 6.45) is 3.35. The summed E-state index contributed by atoms with van der Waals surface area (Å²) in [7, 11) is 0. The van der Waals surface area contributed by atoms with Gasteiger partial charge < -0.3 is 5.32 Å². The molecule has 136 valence electrons. The molecule has 27 heavy (non-hydrogen) atoms. The zero-order valence-corrected chi connectivity index (χ0v) is 15.7. The molecule has 1 aliphatic carbocycles. The van der Waals surface area contributed by atoms with E-state index in [1.807, 2.05) is 12.1 Å². The van der Waals surface area contributed by atoms with Crippen LogP contribution in [0.15, 0.2) is 48.5 Å². The smallest absolute Gasteiger partial charge is 0.267 e. The Morgan fingerprint density at radius 1 is 0.963 bits per heavy atom. The SMILES string of the molecule is Cc1nc(NC(=O)c2ccccc2)sc1C(=O)Nc1ccc2c(c1)CCC2. The molecule has 3 aromatic rings. The van der Waals surface area contributed by atoms with Crippen molar-refractivity contribution in [3.63, 3.8) is 0 Å². The fourth-order valence-corrected chi connectivity index (χ4v) is 4.11. The van der Waals surface area contributed by atoms with Crippen molar-refractivity contribution in [1.29, 1.82) is 0 Å². The van der Waals surface area contributed by atoms with Crippen LogP contribution in [-0.4, -0.2) is 16.8 Å². The standard InChI is InChI=1S/C21H19N3O2S/c1-13-18(20(26)23-17-11-10-14-8-5-9-16(14)12-17)27-21(22-13)24-19(25)15-6-3-2-4-7-15/h2-4,6-7,10-12H,5,8-9H2,1H3,(H,23,26)(H,22,24,25). The van der Waals surface area contributed by atoms with Gasteiger partial charge >= 0.3 is 0 Å². The summed E-state index contributed by atoms with van der Waals surface area (Å²) in [6, 6.07) is 15.0. The number of fused-ring (bicyclic) bond motifs is 1. The molecule has 0 fully saturated rings. The molecule has 0 aliphatic heterocycles. The maximum atomic E-state index is 12.7.